The third-order valence-electron chi connectivity index (χ3n) is 5.66. The standard InChI is InChI=1S/C19H24N4O4/c24-10-14-6-13(8-21-14)20-7-11-2-1-3-12-9-23(19(27)17(11)12)15-4-5-16(25)22-18(15)26/h1-3,13-15,20-21,24H,4-10H2,(H,22,25,26)/t13-,14-,15?/m0/s1. The fourth-order valence-electron chi connectivity index (χ4n) is 4.21. The van der Waals surface area contributed by atoms with E-state index in [1.165, 1.54) is 0 Å². The summed E-state index contributed by atoms with van der Waals surface area (Å²) in [6.45, 7) is 1.86. The maximum atomic E-state index is 13.0. The molecule has 3 atom stereocenters. The van der Waals surface area contributed by atoms with Crippen molar-refractivity contribution in [1.82, 2.24) is 20.9 Å². The summed E-state index contributed by atoms with van der Waals surface area (Å²) in [5, 5.41) is 18.3. The highest BCUT2D eigenvalue weighted by molar-refractivity contribution is 6.05. The maximum absolute atomic E-state index is 13.0. The second-order valence-corrected chi connectivity index (χ2v) is 7.45. The Morgan fingerprint density at radius 2 is 2.11 bits per heavy atom. The summed E-state index contributed by atoms with van der Waals surface area (Å²) in [6, 6.07) is 5.56. The van der Waals surface area contributed by atoms with E-state index in [9.17, 15) is 19.5 Å². The van der Waals surface area contributed by atoms with Gasteiger partial charge in [0.05, 0.1) is 6.61 Å². The molecule has 1 unspecified atom stereocenters. The molecule has 0 radical (unpaired) electrons. The number of amides is 3. The first-order chi connectivity index (χ1) is 13.1. The van der Waals surface area contributed by atoms with Gasteiger partial charge in [0.2, 0.25) is 11.8 Å². The van der Waals surface area contributed by atoms with Crippen molar-refractivity contribution >= 4 is 17.7 Å². The molecule has 0 spiro atoms. The average Bonchev–Trinajstić information content (AvgIpc) is 3.25. The molecule has 0 aliphatic carbocycles. The van der Waals surface area contributed by atoms with Gasteiger partial charge in [0, 0.05) is 43.7 Å². The van der Waals surface area contributed by atoms with E-state index in [1.807, 2.05) is 18.2 Å². The van der Waals surface area contributed by atoms with E-state index < -0.39 is 6.04 Å². The average molecular weight is 372 g/mol. The molecule has 3 aliphatic heterocycles. The zero-order chi connectivity index (χ0) is 19.0. The van der Waals surface area contributed by atoms with Crippen molar-refractivity contribution in [1.29, 1.82) is 0 Å². The van der Waals surface area contributed by atoms with Gasteiger partial charge in [-0.05, 0) is 24.0 Å². The molecule has 0 aromatic heterocycles. The highest BCUT2D eigenvalue weighted by Gasteiger charge is 2.40. The van der Waals surface area contributed by atoms with Crippen molar-refractivity contribution in [3.8, 4) is 0 Å². The first kappa shape index (κ1) is 18.1. The number of nitrogens with one attached hydrogen (secondary N) is 3. The van der Waals surface area contributed by atoms with Crippen molar-refractivity contribution in [2.24, 2.45) is 0 Å². The monoisotopic (exact) mass is 372 g/mol. The van der Waals surface area contributed by atoms with Gasteiger partial charge in [0.15, 0.2) is 0 Å². The molecule has 3 aliphatic rings. The SMILES string of the molecule is O=C1CCC(N2Cc3cccc(CN[C@@H]4CN[C@H](CO)C4)c3C2=O)C(=O)N1. The summed E-state index contributed by atoms with van der Waals surface area (Å²) in [5.74, 6) is -0.814. The van der Waals surface area contributed by atoms with Crippen LogP contribution >= 0.6 is 0 Å². The van der Waals surface area contributed by atoms with E-state index in [0.717, 1.165) is 24.1 Å². The summed E-state index contributed by atoms with van der Waals surface area (Å²) in [5.41, 5.74) is 2.50. The number of fused-ring (bicyclic) bond motifs is 1. The lowest BCUT2D eigenvalue weighted by Crippen LogP contribution is -2.52. The number of hydrogen-bond donors (Lipinski definition) is 4. The highest BCUT2D eigenvalue weighted by atomic mass is 16.3. The summed E-state index contributed by atoms with van der Waals surface area (Å²) in [6.07, 6.45) is 1.47. The Hall–Kier alpha value is -2.29. The fourth-order valence-corrected chi connectivity index (χ4v) is 4.21. The van der Waals surface area contributed by atoms with Crippen LogP contribution in [0.2, 0.25) is 0 Å². The third-order valence-corrected chi connectivity index (χ3v) is 5.66. The molecule has 4 rings (SSSR count). The van der Waals surface area contributed by atoms with Crippen LogP contribution in [-0.2, 0) is 22.7 Å². The third kappa shape index (κ3) is 3.47. The first-order valence-electron chi connectivity index (χ1n) is 9.40. The van der Waals surface area contributed by atoms with Crippen molar-refractivity contribution < 1.29 is 19.5 Å². The maximum Gasteiger partial charge on any atom is 0.255 e. The molecule has 3 heterocycles. The molecule has 8 nitrogen and oxygen atoms in total. The van der Waals surface area contributed by atoms with Crippen LogP contribution in [0.5, 0.6) is 0 Å². The predicted octanol–water partition coefficient (Wildman–Crippen LogP) is -0.740. The smallest absolute Gasteiger partial charge is 0.255 e. The molecule has 4 N–H and O–H groups in total. The van der Waals surface area contributed by atoms with Gasteiger partial charge in [0.25, 0.3) is 5.91 Å². The Kier molecular flexibility index (Phi) is 4.94. The Morgan fingerprint density at radius 1 is 1.26 bits per heavy atom. The number of rotatable bonds is 5. The molecular formula is C19H24N4O4. The summed E-state index contributed by atoms with van der Waals surface area (Å²) in [4.78, 5) is 38.2. The van der Waals surface area contributed by atoms with Crippen LogP contribution in [0.1, 0.15) is 40.7 Å². The normalized spacial score (nSPS) is 27.8. The molecular weight excluding hydrogens is 348 g/mol. The van der Waals surface area contributed by atoms with Gasteiger partial charge in [-0.25, -0.2) is 0 Å². The fraction of sp³-hybridized carbons (Fsp3) is 0.526. The van der Waals surface area contributed by atoms with E-state index in [0.29, 0.717) is 25.1 Å². The van der Waals surface area contributed by atoms with Crippen LogP contribution in [0, 0.1) is 0 Å². The van der Waals surface area contributed by atoms with Crippen LogP contribution in [0.25, 0.3) is 0 Å². The van der Waals surface area contributed by atoms with E-state index in [1.54, 1.807) is 4.90 Å². The van der Waals surface area contributed by atoms with Crippen LogP contribution in [0.15, 0.2) is 18.2 Å². The molecule has 27 heavy (non-hydrogen) atoms. The van der Waals surface area contributed by atoms with Crippen molar-refractivity contribution in [2.75, 3.05) is 13.2 Å². The summed E-state index contributed by atoms with van der Waals surface area (Å²) >= 11 is 0. The van der Waals surface area contributed by atoms with Crippen LogP contribution in [-0.4, -0.2) is 59.0 Å². The van der Waals surface area contributed by atoms with Crippen LogP contribution in [0.4, 0.5) is 0 Å². The van der Waals surface area contributed by atoms with E-state index in [-0.39, 0.29) is 42.8 Å². The van der Waals surface area contributed by atoms with Gasteiger partial charge in [0.1, 0.15) is 6.04 Å². The van der Waals surface area contributed by atoms with Gasteiger partial charge >= 0.3 is 0 Å². The number of nitrogens with zero attached hydrogens (tertiary/aromatic N) is 1. The van der Waals surface area contributed by atoms with Gasteiger partial charge < -0.3 is 20.6 Å². The number of piperidine rings is 1. The molecule has 1 aromatic rings. The highest BCUT2D eigenvalue weighted by Crippen LogP contribution is 2.30. The van der Waals surface area contributed by atoms with E-state index in [4.69, 9.17) is 0 Å². The molecule has 0 bridgehead atoms. The largest absolute Gasteiger partial charge is 0.395 e. The first-order valence-corrected chi connectivity index (χ1v) is 9.40. The Morgan fingerprint density at radius 3 is 2.85 bits per heavy atom. The number of carbonyl (C=O) groups is 3. The van der Waals surface area contributed by atoms with Gasteiger partial charge in [-0.15, -0.1) is 0 Å². The lowest BCUT2D eigenvalue weighted by Gasteiger charge is -2.29. The second kappa shape index (κ2) is 7.38. The Bertz CT molecular complexity index is 781. The zero-order valence-electron chi connectivity index (χ0n) is 15.0. The molecule has 2 fully saturated rings. The Labute approximate surface area is 157 Å². The Balaban J connectivity index is 1.47. The van der Waals surface area contributed by atoms with Crippen molar-refractivity contribution in [3.63, 3.8) is 0 Å². The predicted molar refractivity (Wildman–Crippen MR) is 96.6 cm³/mol. The molecule has 0 saturated carbocycles. The van der Waals surface area contributed by atoms with E-state index >= 15 is 0 Å². The minimum Gasteiger partial charge on any atom is -0.395 e. The minimum atomic E-state index is -0.590. The van der Waals surface area contributed by atoms with Crippen molar-refractivity contribution in [3.05, 3.63) is 34.9 Å². The topological polar surface area (TPSA) is 111 Å². The molecule has 2 saturated heterocycles. The number of aliphatic hydroxyl groups is 1. The summed E-state index contributed by atoms with van der Waals surface area (Å²) in [7, 11) is 0. The van der Waals surface area contributed by atoms with Gasteiger partial charge in [-0.2, -0.15) is 0 Å². The molecule has 8 heteroatoms. The van der Waals surface area contributed by atoms with E-state index in [2.05, 4.69) is 16.0 Å². The number of carbonyl (C=O) groups excluding carboxylic acids is 3. The molecule has 144 valence electrons. The van der Waals surface area contributed by atoms with Crippen LogP contribution < -0.4 is 16.0 Å². The second-order valence-electron chi connectivity index (χ2n) is 7.45. The minimum absolute atomic E-state index is 0.119. The quantitative estimate of drug-likeness (QED) is 0.507. The zero-order valence-corrected chi connectivity index (χ0v) is 15.0. The van der Waals surface area contributed by atoms with Gasteiger partial charge in [-0.3, -0.25) is 19.7 Å². The number of hydrogen-bond acceptors (Lipinski definition) is 6. The molecule has 3 amide bonds. The lowest BCUT2D eigenvalue weighted by molar-refractivity contribution is -0.136. The number of imide groups is 1. The molecule has 1 aromatic carbocycles. The van der Waals surface area contributed by atoms with Crippen molar-refractivity contribution in [2.45, 2.75) is 50.5 Å². The number of aliphatic hydroxyl groups excluding tert-OH is 1. The lowest BCUT2D eigenvalue weighted by atomic mass is 10.0. The van der Waals surface area contributed by atoms with Crippen LogP contribution in [0.3, 0.4) is 0 Å². The number of benzene rings is 1. The van der Waals surface area contributed by atoms with Gasteiger partial charge in [-0.1, -0.05) is 18.2 Å². The summed E-state index contributed by atoms with van der Waals surface area (Å²) < 4.78 is 0.